The SMILES string of the molecule is CC(=O)N1Cc2ccccc2C2(CCN(CC3CCN(C(=O)O)CC3)CC2)C1. The van der Waals surface area contributed by atoms with Gasteiger partial charge in [-0.3, -0.25) is 4.79 Å². The Morgan fingerprint density at radius 1 is 1.07 bits per heavy atom. The second-order valence-electron chi connectivity index (χ2n) is 8.83. The summed E-state index contributed by atoms with van der Waals surface area (Å²) in [5.74, 6) is 0.763. The molecule has 2 amide bonds. The van der Waals surface area contributed by atoms with Gasteiger partial charge in [-0.25, -0.2) is 4.79 Å². The van der Waals surface area contributed by atoms with Crippen LogP contribution in [0.5, 0.6) is 0 Å². The van der Waals surface area contributed by atoms with Crippen LogP contribution in [0.25, 0.3) is 0 Å². The minimum Gasteiger partial charge on any atom is -0.465 e. The van der Waals surface area contributed by atoms with Crippen molar-refractivity contribution in [3.63, 3.8) is 0 Å². The van der Waals surface area contributed by atoms with Crippen LogP contribution in [0.4, 0.5) is 4.79 Å². The summed E-state index contributed by atoms with van der Waals surface area (Å²) < 4.78 is 0. The maximum Gasteiger partial charge on any atom is 0.407 e. The molecule has 3 heterocycles. The van der Waals surface area contributed by atoms with Crippen LogP contribution in [0.2, 0.25) is 0 Å². The van der Waals surface area contributed by atoms with Crippen molar-refractivity contribution in [3.8, 4) is 0 Å². The molecule has 152 valence electrons. The van der Waals surface area contributed by atoms with Crippen molar-refractivity contribution in [1.29, 1.82) is 0 Å². The van der Waals surface area contributed by atoms with E-state index in [1.54, 1.807) is 6.92 Å². The van der Waals surface area contributed by atoms with Crippen molar-refractivity contribution in [1.82, 2.24) is 14.7 Å². The van der Waals surface area contributed by atoms with Crippen molar-refractivity contribution in [2.75, 3.05) is 39.3 Å². The second-order valence-corrected chi connectivity index (χ2v) is 8.83. The Balaban J connectivity index is 1.39. The summed E-state index contributed by atoms with van der Waals surface area (Å²) >= 11 is 0. The summed E-state index contributed by atoms with van der Waals surface area (Å²) in [7, 11) is 0. The van der Waals surface area contributed by atoms with E-state index in [-0.39, 0.29) is 11.3 Å². The largest absolute Gasteiger partial charge is 0.465 e. The third kappa shape index (κ3) is 3.75. The first-order valence-corrected chi connectivity index (χ1v) is 10.5. The number of rotatable bonds is 2. The minimum absolute atomic E-state index is 0.0870. The van der Waals surface area contributed by atoms with Crippen LogP contribution in [0.3, 0.4) is 0 Å². The summed E-state index contributed by atoms with van der Waals surface area (Å²) in [4.78, 5) is 29.3. The van der Waals surface area contributed by atoms with Gasteiger partial charge < -0.3 is 19.8 Å². The predicted octanol–water partition coefficient (Wildman–Crippen LogP) is 2.77. The fourth-order valence-corrected chi connectivity index (χ4v) is 5.37. The van der Waals surface area contributed by atoms with Crippen LogP contribution in [-0.2, 0) is 16.8 Å². The fourth-order valence-electron chi connectivity index (χ4n) is 5.37. The number of hydrogen-bond donors (Lipinski definition) is 1. The van der Waals surface area contributed by atoms with Crippen molar-refractivity contribution in [3.05, 3.63) is 35.4 Å². The zero-order valence-electron chi connectivity index (χ0n) is 16.8. The number of benzene rings is 1. The molecule has 6 nitrogen and oxygen atoms in total. The molecule has 4 rings (SSSR count). The number of nitrogens with zero attached hydrogens (tertiary/aromatic N) is 3. The number of likely N-dealkylation sites (tertiary alicyclic amines) is 2. The van der Waals surface area contributed by atoms with Crippen LogP contribution >= 0.6 is 0 Å². The number of fused-ring (bicyclic) bond motifs is 2. The first-order chi connectivity index (χ1) is 13.5. The summed E-state index contributed by atoms with van der Waals surface area (Å²) in [6.45, 7) is 7.76. The van der Waals surface area contributed by atoms with E-state index < -0.39 is 6.09 Å². The van der Waals surface area contributed by atoms with Gasteiger partial charge in [-0.1, -0.05) is 24.3 Å². The van der Waals surface area contributed by atoms with Gasteiger partial charge in [-0.2, -0.15) is 0 Å². The van der Waals surface area contributed by atoms with E-state index in [1.807, 2.05) is 4.90 Å². The molecule has 1 aromatic rings. The Kier molecular flexibility index (Phi) is 5.32. The van der Waals surface area contributed by atoms with Gasteiger partial charge in [0.05, 0.1) is 0 Å². The Morgan fingerprint density at radius 2 is 1.75 bits per heavy atom. The molecule has 3 aliphatic heterocycles. The van der Waals surface area contributed by atoms with Crippen LogP contribution in [0.15, 0.2) is 24.3 Å². The number of amides is 2. The smallest absolute Gasteiger partial charge is 0.407 e. The molecule has 28 heavy (non-hydrogen) atoms. The molecule has 0 aliphatic carbocycles. The zero-order chi connectivity index (χ0) is 19.7. The molecule has 0 saturated carbocycles. The van der Waals surface area contributed by atoms with E-state index in [4.69, 9.17) is 5.11 Å². The molecule has 0 unspecified atom stereocenters. The van der Waals surface area contributed by atoms with Gasteiger partial charge in [0, 0.05) is 45.1 Å². The van der Waals surface area contributed by atoms with Crippen LogP contribution in [0.1, 0.15) is 43.7 Å². The summed E-state index contributed by atoms with van der Waals surface area (Å²) in [6, 6.07) is 8.65. The van der Waals surface area contributed by atoms with Gasteiger partial charge in [-0.05, 0) is 55.8 Å². The molecule has 2 saturated heterocycles. The molecule has 0 radical (unpaired) electrons. The second kappa shape index (κ2) is 7.74. The molecule has 6 heteroatoms. The number of carbonyl (C=O) groups is 2. The lowest BCUT2D eigenvalue weighted by atomic mass is 9.68. The highest BCUT2D eigenvalue weighted by molar-refractivity contribution is 5.74. The molecular weight excluding hydrogens is 354 g/mol. The average molecular weight is 386 g/mol. The van der Waals surface area contributed by atoms with Gasteiger partial charge in [0.25, 0.3) is 0 Å². The average Bonchev–Trinajstić information content (AvgIpc) is 2.70. The number of hydrogen-bond acceptors (Lipinski definition) is 3. The van der Waals surface area contributed by atoms with Gasteiger partial charge in [0.1, 0.15) is 0 Å². The number of piperidine rings is 2. The van der Waals surface area contributed by atoms with E-state index in [1.165, 1.54) is 16.0 Å². The Labute approximate surface area is 167 Å². The van der Waals surface area contributed by atoms with E-state index in [0.717, 1.165) is 58.4 Å². The topological polar surface area (TPSA) is 64.1 Å². The van der Waals surface area contributed by atoms with Gasteiger partial charge >= 0.3 is 6.09 Å². The third-order valence-electron chi connectivity index (χ3n) is 7.10. The van der Waals surface area contributed by atoms with Gasteiger partial charge in [0.15, 0.2) is 0 Å². The van der Waals surface area contributed by atoms with Crippen molar-refractivity contribution in [2.24, 2.45) is 5.92 Å². The Hall–Kier alpha value is -2.08. The number of carbonyl (C=O) groups excluding carboxylic acids is 1. The lowest BCUT2D eigenvalue weighted by Crippen LogP contribution is -2.53. The predicted molar refractivity (Wildman–Crippen MR) is 107 cm³/mol. The molecule has 1 N–H and O–H groups in total. The molecule has 2 fully saturated rings. The first kappa shape index (κ1) is 19.2. The molecular formula is C22H31N3O3. The maximum atomic E-state index is 12.1. The standard InChI is InChI=1S/C22H31N3O3/c1-17(26)25-15-19-4-2-3-5-20(19)22(16-25)8-12-23(13-9-22)14-18-6-10-24(11-7-18)21(27)28/h2-5,18H,6-16H2,1H3,(H,27,28). The van der Waals surface area contributed by atoms with Crippen molar-refractivity contribution >= 4 is 12.0 Å². The molecule has 0 bridgehead atoms. The molecule has 0 atom stereocenters. The van der Waals surface area contributed by atoms with Crippen molar-refractivity contribution in [2.45, 2.75) is 44.6 Å². The zero-order valence-corrected chi connectivity index (χ0v) is 16.8. The molecule has 1 spiro atoms. The quantitative estimate of drug-likeness (QED) is 0.850. The number of carboxylic acid groups (broad SMARTS) is 1. The van der Waals surface area contributed by atoms with E-state index >= 15 is 0 Å². The summed E-state index contributed by atoms with van der Waals surface area (Å²) in [6.07, 6.45) is 3.32. The van der Waals surface area contributed by atoms with E-state index in [0.29, 0.717) is 19.0 Å². The van der Waals surface area contributed by atoms with E-state index in [2.05, 4.69) is 29.2 Å². The highest BCUT2D eigenvalue weighted by atomic mass is 16.4. The van der Waals surface area contributed by atoms with Gasteiger partial charge in [-0.15, -0.1) is 0 Å². The third-order valence-corrected chi connectivity index (χ3v) is 7.10. The van der Waals surface area contributed by atoms with Crippen LogP contribution in [-0.4, -0.2) is 71.1 Å². The lowest BCUT2D eigenvalue weighted by molar-refractivity contribution is -0.131. The van der Waals surface area contributed by atoms with Crippen molar-refractivity contribution < 1.29 is 14.7 Å². The Morgan fingerprint density at radius 3 is 2.39 bits per heavy atom. The van der Waals surface area contributed by atoms with Crippen LogP contribution < -0.4 is 0 Å². The Bertz CT molecular complexity index is 734. The highest BCUT2D eigenvalue weighted by Crippen LogP contribution is 2.42. The molecule has 3 aliphatic rings. The highest BCUT2D eigenvalue weighted by Gasteiger charge is 2.42. The molecule has 0 aromatic heterocycles. The minimum atomic E-state index is -0.788. The van der Waals surface area contributed by atoms with Crippen LogP contribution in [0, 0.1) is 5.92 Å². The van der Waals surface area contributed by atoms with E-state index in [9.17, 15) is 9.59 Å². The monoisotopic (exact) mass is 385 g/mol. The first-order valence-electron chi connectivity index (χ1n) is 10.5. The summed E-state index contributed by atoms with van der Waals surface area (Å²) in [5.41, 5.74) is 2.84. The fraction of sp³-hybridized carbons (Fsp3) is 0.636. The summed E-state index contributed by atoms with van der Waals surface area (Å²) in [5, 5.41) is 9.11. The molecule has 1 aromatic carbocycles. The normalized spacial score (nSPS) is 22.9. The lowest BCUT2D eigenvalue weighted by Gasteiger charge is -2.49. The maximum absolute atomic E-state index is 12.1. The van der Waals surface area contributed by atoms with Gasteiger partial charge in [0.2, 0.25) is 5.91 Å².